The molecule has 0 radical (unpaired) electrons. The zero-order valence-corrected chi connectivity index (χ0v) is 9.27. The highest BCUT2D eigenvalue weighted by molar-refractivity contribution is 5.78. The summed E-state index contributed by atoms with van der Waals surface area (Å²) < 4.78 is 5.41. The molecule has 1 heterocycles. The second kappa shape index (κ2) is 4.63. The van der Waals surface area contributed by atoms with E-state index < -0.39 is 6.09 Å². The Labute approximate surface area is 102 Å². The molecule has 0 spiro atoms. The van der Waals surface area contributed by atoms with Gasteiger partial charge in [0.1, 0.15) is 11.3 Å². The van der Waals surface area contributed by atoms with Crippen molar-refractivity contribution < 1.29 is 14.3 Å². The molecule has 0 fully saturated rings. The number of terminal acetylenes is 1. The van der Waals surface area contributed by atoms with E-state index in [1.54, 1.807) is 18.2 Å². The molecule has 0 aliphatic heterocycles. The summed E-state index contributed by atoms with van der Waals surface area (Å²) in [5.74, 6) is 2.68. The predicted octanol–water partition coefficient (Wildman–Crippen LogP) is 1.54. The summed E-state index contributed by atoms with van der Waals surface area (Å²) in [5.41, 5.74) is 0.705. The molecule has 5 heteroatoms. The standard InChI is InChI=1S/C13H9NO4/c1-2-8-3-4-10-11(15)6-9(7-14-13(16)17)18-12(10)5-8/h1,3-6,14H,7H2,(H,16,17). The van der Waals surface area contributed by atoms with Crippen molar-refractivity contribution in [2.75, 3.05) is 0 Å². The molecular weight excluding hydrogens is 234 g/mol. The van der Waals surface area contributed by atoms with E-state index >= 15 is 0 Å². The number of hydrogen-bond donors (Lipinski definition) is 2. The first-order valence-corrected chi connectivity index (χ1v) is 5.10. The molecule has 0 bridgehead atoms. The van der Waals surface area contributed by atoms with Crippen molar-refractivity contribution in [2.24, 2.45) is 0 Å². The second-order valence-corrected chi connectivity index (χ2v) is 3.59. The number of carbonyl (C=O) groups is 1. The van der Waals surface area contributed by atoms with Crippen LogP contribution >= 0.6 is 0 Å². The molecule has 2 aromatic rings. The maximum Gasteiger partial charge on any atom is 0.405 e. The third kappa shape index (κ3) is 2.33. The first-order chi connectivity index (χ1) is 8.60. The molecule has 90 valence electrons. The first-order valence-electron chi connectivity index (χ1n) is 5.10. The molecule has 2 N–H and O–H groups in total. The van der Waals surface area contributed by atoms with Crippen LogP contribution in [0.25, 0.3) is 11.0 Å². The van der Waals surface area contributed by atoms with Crippen molar-refractivity contribution in [2.45, 2.75) is 6.54 Å². The van der Waals surface area contributed by atoms with Crippen LogP contribution in [0.15, 0.2) is 33.5 Å². The van der Waals surface area contributed by atoms with Gasteiger partial charge >= 0.3 is 6.09 Å². The van der Waals surface area contributed by atoms with Crippen LogP contribution in [0, 0.1) is 12.3 Å². The van der Waals surface area contributed by atoms with Gasteiger partial charge in [-0.1, -0.05) is 5.92 Å². The number of rotatable bonds is 2. The largest absolute Gasteiger partial charge is 0.465 e. The number of nitrogens with one attached hydrogen (secondary N) is 1. The van der Waals surface area contributed by atoms with Gasteiger partial charge in [-0.3, -0.25) is 4.79 Å². The van der Waals surface area contributed by atoms with Crippen LogP contribution < -0.4 is 10.7 Å². The molecule has 18 heavy (non-hydrogen) atoms. The highest BCUT2D eigenvalue weighted by atomic mass is 16.4. The number of benzene rings is 1. The van der Waals surface area contributed by atoms with Crippen LogP contribution in [0.1, 0.15) is 11.3 Å². The van der Waals surface area contributed by atoms with Crippen LogP contribution in [0.5, 0.6) is 0 Å². The Hall–Kier alpha value is -2.74. The van der Waals surface area contributed by atoms with E-state index in [4.69, 9.17) is 15.9 Å². The Bertz CT molecular complexity index is 709. The van der Waals surface area contributed by atoms with Crippen molar-refractivity contribution in [1.29, 1.82) is 0 Å². The van der Waals surface area contributed by atoms with Gasteiger partial charge in [0.25, 0.3) is 0 Å². The van der Waals surface area contributed by atoms with Crippen molar-refractivity contribution >= 4 is 17.1 Å². The molecule has 1 aromatic carbocycles. The topological polar surface area (TPSA) is 79.5 Å². The first kappa shape index (κ1) is 11.7. The fourth-order valence-corrected chi connectivity index (χ4v) is 1.54. The van der Waals surface area contributed by atoms with Gasteiger partial charge < -0.3 is 14.8 Å². The third-order valence-electron chi connectivity index (χ3n) is 2.36. The van der Waals surface area contributed by atoms with Gasteiger partial charge in [-0.25, -0.2) is 4.79 Å². The van der Waals surface area contributed by atoms with E-state index in [-0.39, 0.29) is 17.7 Å². The Balaban J connectivity index is 2.49. The lowest BCUT2D eigenvalue weighted by atomic mass is 10.1. The summed E-state index contributed by atoms with van der Waals surface area (Å²) in [6, 6.07) is 6.06. The third-order valence-corrected chi connectivity index (χ3v) is 2.36. The molecular formula is C13H9NO4. The lowest BCUT2D eigenvalue weighted by Crippen LogP contribution is -2.20. The minimum Gasteiger partial charge on any atom is -0.465 e. The lowest BCUT2D eigenvalue weighted by Gasteiger charge is -2.03. The van der Waals surface area contributed by atoms with Crippen LogP contribution in [-0.4, -0.2) is 11.2 Å². The van der Waals surface area contributed by atoms with Crippen molar-refractivity contribution in [3.05, 3.63) is 45.8 Å². The maximum absolute atomic E-state index is 11.8. The van der Waals surface area contributed by atoms with E-state index in [0.717, 1.165) is 0 Å². The summed E-state index contributed by atoms with van der Waals surface area (Å²) in [5, 5.41) is 11.0. The highest BCUT2D eigenvalue weighted by Crippen LogP contribution is 2.14. The molecule has 2 rings (SSSR count). The van der Waals surface area contributed by atoms with Crippen molar-refractivity contribution in [3.63, 3.8) is 0 Å². The van der Waals surface area contributed by atoms with Gasteiger partial charge in [0, 0.05) is 11.6 Å². The summed E-state index contributed by atoms with van der Waals surface area (Å²) in [7, 11) is 0. The maximum atomic E-state index is 11.8. The highest BCUT2D eigenvalue weighted by Gasteiger charge is 2.06. The van der Waals surface area contributed by atoms with Gasteiger partial charge in [0.2, 0.25) is 0 Å². The van der Waals surface area contributed by atoms with Crippen molar-refractivity contribution in [3.8, 4) is 12.3 Å². The Morgan fingerprint density at radius 2 is 2.22 bits per heavy atom. The number of carboxylic acid groups (broad SMARTS) is 1. The van der Waals surface area contributed by atoms with Gasteiger partial charge in [-0.05, 0) is 18.2 Å². The van der Waals surface area contributed by atoms with Gasteiger partial charge in [0.05, 0.1) is 11.9 Å². The van der Waals surface area contributed by atoms with Gasteiger partial charge in [0.15, 0.2) is 5.43 Å². The van der Waals surface area contributed by atoms with Crippen LogP contribution in [0.3, 0.4) is 0 Å². The summed E-state index contributed by atoms with van der Waals surface area (Å²) in [6.45, 7) is -0.0687. The smallest absolute Gasteiger partial charge is 0.405 e. The molecule has 1 aromatic heterocycles. The quantitative estimate of drug-likeness (QED) is 0.784. The van der Waals surface area contributed by atoms with Gasteiger partial charge in [-0.2, -0.15) is 0 Å². The van der Waals surface area contributed by atoms with E-state index in [1.807, 2.05) is 0 Å². The summed E-state index contributed by atoms with van der Waals surface area (Å²) >= 11 is 0. The second-order valence-electron chi connectivity index (χ2n) is 3.59. The fourth-order valence-electron chi connectivity index (χ4n) is 1.54. The number of fused-ring (bicyclic) bond motifs is 1. The number of hydrogen-bond acceptors (Lipinski definition) is 3. The molecule has 0 unspecified atom stereocenters. The number of amides is 1. The van der Waals surface area contributed by atoms with Crippen LogP contribution in [-0.2, 0) is 6.54 Å². The lowest BCUT2D eigenvalue weighted by molar-refractivity contribution is 0.193. The predicted molar refractivity (Wildman–Crippen MR) is 65.3 cm³/mol. The minimum absolute atomic E-state index is 0.0687. The van der Waals surface area contributed by atoms with Gasteiger partial charge in [-0.15, -0.1) is 6.42 Å². The zero-order valence-electron chi connectivity index (χ0n) is 9.27. The van der Waals surface area contributed by atoms with E-state index in [0.29, 0.717) is 16.5 Å². The molecule has 0 saturated carbocycles. The van der Waals surface area contributed by atoms with Crippen molar-refractivity contribution in [1.82, 2.24) is 5.32 Å². The molecule has 1 amide bonds. The van der Waals surface area contributed by atoms with Crippen LogP contribution in [0.2, 0.25) is 0 Å². The molecule has 0 aliphatic rings. The van der Waals surface area contributed by atoms with Crippen LogP contribution in [0.4, 0.5) is 4.79 Å². The molecule has 0 aliphatic carbocycles. The van der Waals surface area contributed by atoms with E-state index in [9.17, 15) is 9.59 Å². The SMILES string of the molecule is C#Cc1ccc2c(=O)cc(CNC(=O)O)oc2c1. The Morgan fingerprint density at radius 1 is 1.44 bits per heavy atom. The average molecular weight is 243 g/mol. The van der Waals surface area contributed by atoms with E-state index in [2.05, 4.69) is 11.2 Å². The normalized spacial score (nSPS) is 9.94. The summed E-state index contributed by atoms with van der Waals surface area (Å²) in [6.07, 6.45) is 4.07. The molecule has 5 nitrogen and oxygen atoms in total. The monoisotopic (exact) mass is 243 g/mol. The minimum atomic E-state index is -1.19. The molecule has 0 atom stereocenters. The zero-order chi connectivity index (χ0) is 13.1. The van der Waals surface area contributed by atoms with E-state index in [1.165, 1.54) is 6.07 Å². The summed E-state index contributed by atoms with van der Waals surface area (Å²) in [4.78, 5) is 22.1. The average Bonchev–Trinajstić information content (AvgIpc) is 2.35. The Kier molecular flexibility index (Phi) is 3.02. The Morgan fingerprint density at radius 3 is 2.89 bits per heavy atom. The molecule has 0 saturated heterocycles. The fraction of sp³-hybridized carbons (Fsp3) is 0.0769.